The highest BCUT2D eigenvalue weighted by Gasteiger charge is 2.11. The summed E-state index contributed by atoms with van der Waals surface area (Å²) in [5.41, 5.74) is 0. The van der Waals surface area contributed by atoms with Crippen molar-refractivity contribution in [2.24, 2.45) is 0 Å². The Morgan fingerprint density at radius 2 is 1.29 bits per heavy atom. The van der Waals surface area contributed by atoms with Crippen molar-refractivity contribution in [2.75, 3.05) is 20.3 Å². The minimum Gasteiger partial charge on any atom is -0.466 e. The first kappa shape index (κ1) is 20.9. The molecule has 0 bridgehead atoms. The molecule has 0 radical (unpaired) electrons. The van der Waals surface area contributed by atoms with Gasteiger partial charge in [0.1, 0.15) is 6.61 Å². The highest BCUT2D eigenvalue weighted by atomic mass is 16.6. The summed E-state index contributed by atoms with van der Waals surface area (Å²) in [4.78, 5) is 23.3. The van der Waals surface area contributed by atoms with Gasteiger partial charge in [-0.1, -0.05) is 44.9 Å². The van der Waals surface area contributed by atoms with Crippen LogP contribution in [0.2, 0.25) is 0 Å². The van der Waals surface area contributed by atoms with Crippen molar-refractivity contribution in [1.29, 1.82) is 0 Å². The van der Waals surface area contributed by atoms with E-state index in [9.17, 15) is 9.59 Å². The van der Waals surface area contributed by atoms with E-state index >= 15 is 0 Å². The van der Waals surface area contributed by atoms with Gasteiger partial charge in [0, 0.05) is 20.0 Å². The maximum absolute atomic E-state index is 11.7. The number of carbonyl (C=O) groups excluding carboxylic acids is 2. The van der Waals surface area contributed by atoms with Gasteiger partial charge in [0.05, 0.1) is 12.7 Å². The monoisotopic (exact) mass is 342 g/mol. The predicted octanol–water partition coefficient (Wildman–Crippen LogP) is 4.17. The van der Waals surface area contributed by atoms with Crippen LogP contribution in [-0.2, 0) is 23.8 Å². The Hall–Kier alpha value is -1.10. The number of hydrogen-bond donors (Lipinski definition) is 0. The molecule has 0 spiro atoms. The van der Waals surface area contributed by atoms with Crippen molar-refractivity contribution < 1.29 is 23.8 Å². The van der Waals surface area contributed by atoms with Crippen LogP contribution in [0.5, 0.6) is 0 Å². The molecule has 1 heterocycles. The molecule has 1 unspecified atom stereocenters. The van der Waals surface area contributed by atoms with E-state index in [-0.39, 0.29) is 18.0 Å². The molecule has 1 saturated heterocycles. The van der Waals surface area contributed by atoms with E-state index in [4.69, 9.17) is 14.2 Å². The molecule has 24 heavy (non-hydrogen) atoms. The first-order chi connectivity index (χ1) is 11.7. The van der Waals surface area contributed by atoms with Gasteiger partial charge in [-0.15, -0.1) is 0 Å². The van der Waals surface area contributed by atoms with Crippen molar-refractivity contribution in [3.8, 4) is 0 Å². The molecule has 0 aromatic rings. The molecule has 0 amide bonds. The molecule has 0 saturated carbocycles. The standard InChI is InChI=1S/C19H34O5/c1-22-17-12-8-4-3-7-11-15-23-18(20)13-9-5-2-6-10-14-19(21)24-16-17/h17H,2-16H2,1H3. The van der Waals surface area contributed by atoms with Gasteiger partial charge < -0.3 is 14.2 Å². The zero-order valence-electron chi connectivity index (χ0n) is 15.2. The van der Waals surface area contributed by atoms with Crippen LogP contribution in [0.1, 0.15) is 83.5 Å². The third-order valence-corrected chi connectivity index (χ3v) is 4.46. The van der Waals surface area contributed by atoms with Crippen LogP contribution in [0, 0.1) is 0 Å². The second-order valence-corrected chi connectivity index (χ2v) is 6.59. The lowest BCUT2D eigenvalue weighted by atomic mass is 10.1. The zero-order valence-corrected chi connectivity index (χ0v) is 15.2. The van der Waals surface area contributed by atoms with Gasteiger partial charge in [-0.2, -0.15) is 0 Å². The van der Waals surface area contributed by atoms with Gasteiger partial charge in [0.2, 0.25) is 0 Å². The largest absolute Gasteiger partial charge is 0.466 e. The lowest BCUT2D eigenvalue weighted by molar-refractivity contribution is -0.147. The Labute approximate surface area is 146 Å². The molecule has 1 atom stereocenters. The molecule has 5 heteroatoms. The van der Waals surface area contributed by atoms with Crippen molar-refractivity contribution in [3.05, 3.63) is 0 Å². The van der Waals surface area contributed by atoms with E-state index in [1.807, 2.05) is 0 Å². The maximum Gasteiger partial charge on any atom is 0.305 e. The smallest absolute Gasteiger partial charge is 0.305 e. The van der Waals surface area contributed by atoms with Gasteiger partial charge in [-0.25, -0.2) is 0 Å². The van der Waals surface area contributed by atoms with Crippen LogP contribution >= 0.6 is 0 Å². The number of cyclic esters (lactones) is 2. The molecule has 1 aliphatic heterocycles. The van der Waals surface area contributed by atoms with Crippen LogP contribution in [0.25, 0.3) is 0 Å². The number of ether oxygens (including phenoxy) is 3. The normalized spacial score (nSPS) is 24.6. The second kappa shape index (κ2) is 14.3. The summed E-state index contributed by atoms with van der Waals surface area (Å²) in [6.45, 7) is 0.917. The van der Waals surface area contributed by atoms with Gasteiger partial charge in [-0.3, -0.25) is 9.59 Å². The van der Waals surface area contributed by atoms with E-state index < -0.39 is 0 Å². The maximum atomic E-state index is 11.7. The molecule has 0 aromatic carbocycles. The Kier molecular flexibility index (Phi) is 12.4. The van der Waals surface area contributed by atoms with Crippen LogP contribution in [0.15, 0.2) is 0 Å². The average Bonchev–Trinajstić information content (AvgIpc) is 2.58. The summed E-state index contributed by atoms with van der Waals surface area (Å²) in [5.74, 6) is -0.203. The molecule has 0 aromatic heterocycles. The third kappa shape index (κ3) is 11.4. The van der Waals surface area contributed by atoms with Crippen molar-refractivity contribution in [2.45, 2.75) is 89.6 Å². The molecule has 0 N–H and O–H groups in total. The van der Waals surface area contributed by atoms with Crippen LogP contribution in [0.4, 0.5) is 0 Å². The Balaban J connectivity index is 2.30. The molecule has 5 nitrogen and oxygen atoms in total. The summed E-state index contributed by atoms with van der Waals surface area (Å²) in [6, 6.07) is 0. The number of esters is 2. The number of rotatable bonds is 1. The SMILES string of the molecule is COC1CCCCCCCOC(=O)CCCCCCCC(=O)OC1. The van der Waals surface area contributed by atoms with Gasteiger partial charge in [0.25, 0.3) is 0 Å². The minimum atomic E-state index is -0.130. The van der Waals surface area contributed by atoms with Crippen LogP contribution < -0.4 is 0 Å². The summed E-state index contributed by atoms with van der Waals surface area (Å²) in [6.07, 6.45) is 12.0. The van der Waals surface area contributed by atoms with Crippen molar-refractivity contribution >= 4 is 11.9 Å². The fraction of sp³-hybridized carbons (Fsp3) is 0.895. The molecule has 1 rings (SSSR count). The Morgan fingerprint density at radius 3 is 1.96 bits per heavy atom. The van der Waals surface area contributed by atoms with Gasteiger partial charge in [-0.05, 0) is 25.7 Å². The zero-order chi connectivity index (χ0) is 17.5. The van der Waals surface area contributed by atoms with E-state index in [1.54, 1.807) is 7.11 Å². The van der Waals surface area contributed by atoms with Crippen LogP contribution in [-0.4, -0.2) is 38.4 Å². The lowest BCUT2D eigenvalue weighted by Crippen LogP contribution is -2.20. The van der Waals surface area contributed by atoms with E-state index in [0.29, 0.717) is 26.1 Å². The quantitative estimate of drug-likeness (QED) is 0.669. The first-order valence-electron chi connectivity index (χ1n) is 9.56. The first-order valence-corrected chi connectivity index (χ1v) is 9.56. The van der Waals surface area contributed by atoms with Gasteiger partial charge >= 0.3 is 11.9 Å². The van der Waals surface area contributed by atoms with Crippen molar-refractivity contribution in [3.63, 3.8) is 0 Å². The summed E-state index contributed by atoms with van der Waals surface area (Å²) >= 11 is 0. The Bertz CT molecular complexity index is 343. The number of hydrogen-bond acceptors (Lipinski definition) is 5. The number of methoxy groups -OCH3 is 1. The second-order valence-electron chi connectivity index (χ2n) is 6.59. The fourth-order valence-corrected chi connectivity index (χ4v) is 2.86. The lowest BCUT2D eigenvalue weighted by Gasteiger charge is -2.15. The highest BCUT2D eigenvalue weighted by molar-refractivity contribution is 5.69. The third-order valence-electron chi connectivity index (χ3n) is 4.46. The van der Waals surface area contributed by atoms with Crippen molar-refractivity contribution in [1.82, 2.24) is 0 Å². The summed E-state index contributed by atoms with van der Waals surface area (Å²) < 4.78 is 16.0. The highest BCUT2D eigenvalue weighted by Crippen LogP contribution is 2.12. The molecule has 0 aliphatic carbocycles. The molecule has 1 aliphatic rings. The fourth-order valence-electron chi connectivity index (χ4n) is 2.86. The van der Waals surface area contributed by atoms with Crippen LogP contribution in [0.3, 0.4) is 0 Å². The molecular formula is C19H34O5. The van der Waals surface area contributed by atoms with Gasteiger partial charge in [0.15, 0.2) is 0 Å². The predicted molar refractivity (Wildman–Crippen MR) is 92.7 cm³/mol. The number of carbonyl (C=O) groups is 2. The van der Waals surface area contributed by atoms with E-state index in [0.717, 1.165) is 70.6 Å². The molecule has 1 fully saturated rings. The van der Waals surface area contributed by atoms with E-state index in [2.05, 4.69) is 0 Å². The summed E-state index contributed by atoms with van der Waals surface area (Å²) in [5, 5.41) is 0. The topological polar surface area (TPSA) is 61.8 Å². The van der Waals surface area contributed by atoms with E-state index in [1.165, 1.54) is 0 Å². The summed E-state index contributed by atoms with van der Waals surface area (Å²) in [7, 11) is 1.67. The Morgan fingerprint density at radius 1 is 0.750 bits per heavy atom. The molecular weight excluding hydrogens is 308 g/mol. The average molecular weight is 342 g/mol. The minimum absolute atomic E-state index is 0.000464. The molecule has 140 valence electrons.